The summed E-state index contributed by atoms with van der Waals surface area (Å²) in [5, 5.41) is 3.02. The molecule has 0 radical (unpaired) electrons. The number of nitrogens with one attached hydrogen (secondary N) is 1. The number of unbranched alkanes of at least 4 members (excludes halogenated alkanes) is 2. The predicted octanol–water partition coefficient (Wildman–Crippen LogP) is 5.44. The van der Waals surface area contributed by atoms with Crippen LogP contribution in [0.2, 0.25) is 0 Å². The molecule has 3 heterocycles. The zero-order valence-electron chi connectivity index (χ0n) is 22.0. The van der Waals surface area contributed by atoms with E-state index in [2.05, 4.69) is 12.2 Å². The Bertz CT molecular complexity index is 925. The van der Waals surface area contributed by atoms with Crippen LogP contribution in [0, 0.1) is 0 Å². The summed E-state index contributed by atoms with van der Waals surface area (Å²) in [7, 11) is 0. The van der Waals surface area contributed by atoms with E-state index in [4.69, 9.17) is 28.4 Å². The summed E-state index contributed by atoms with van der Waals surface area (Å²) in [4.78, 5) is 13.6. The summed E-state index contributed by atoms with van der Waals surface area (Å²) in [6.07, 6.45) is 10.5. The van der Waals surface area contributed by atoms with Gasteiger partial charge in [0.25, 0.3) is 5.91 Å². The number of carbonyl (C=O) groups excluding carboxylic acids is 1. The van der Waals surface area contributed by atoms with E-state index in [9.17, 15) is 4.79 Å². The number of hydrogen-bond donors (Lipinski definition) is 1. The van der Waals surface area contributed by atoms with Crippen LogP contribution < -0.4 is 10.1 Å². The third kappa shape index (κ3) is 5.28. The van der Waals surface area contributed by atoms with Crippen molar-refractivity contribution < 1.29 is 33.2 Å². The number of hydrogen-bond acceptors (Lipinski definition) is 7. The molecular weight excluding hydrogens is 474 g/mol. The number of rotatable bonds is 7. The van der Waals surface area contributed by atoms with E-state index in [0.717, 1.165) is 76.4 Å². The van der Waals surface area contributed by atoms with Gasteiger partial charge in [0.1, 0.15) is 24.1 Å². The van der Waals surface area contributed by atoms with Gasteiger partial charge >= 0.3 is 0 Å². The van der Waals surface area contributed by atoms with Gasteiger partial charge in [0.15, 0.2) is 24.0 Å². The summed E-state index contributed by atoms with van der Waals surface area (Å²) >= 11 is 0. The Morgan fingerprint density at radius 1 is 0.838 bits per heavy atom. The molecule has 5 fully saturated rings. The van der Waals surface area contributed by atoms with Crippen LogP contribution in [-0.2, 0) is 28.5 Å². The van der Waals surface area contributed by atoms with Crippen molar-refractivity contribution in [3.05, 3.63) is 24.3 Å². The molecule has 3 saturated heterocycles. The Morgan fingerprint density at radius 2 is 1.46 bits per heavy atom. The fraction of sp³-hybridized carbons (Fsp3) is 0.759. The van der Waals surface area contributed by atoms with Crippen LogP contribution in [0.25, 0.3) is 0 Å². The topological polar surface area (TPSA) is 84.5 Å². The minimum absolute atomic E-state index is 0.255. The molecule has 5 aliphatic rings. The van der Waals surface area contributed by atoms with Gasteiger partial charge in [-0.05, 0) is 56.4 Å². The van der Waals surface area contributed by atoms with E-state index in [0.29, 0.717) is 12.3 Å². The Morgan fingerprint density at radius 3 is 2.14 bits per heavy atom. The number of anilines is 1. The van der Waals surface area contributed by atoms with E-state index in [1.54, 1.807) is 0 Å². The summed E-state index contributed by atoms with van der Waals surface area (Å²) in [5.74, 6) is -0.753. The van der Waals surface area contributed by atoms with Crippen molar-refractivity contribution in [1.82, 2.24) is 0 Å². The molecule has 8 nitrogen and oxygen atoms in total. The van der Waals surface area contributed by atoms with Crippen molar-refractivity contribution >= 4 is 11.6 Å². The lowest BCUT2D eigenvalue weighted by Gasteiger charge is -2.36. The molecule has 204 valence electrons. The lowest BCUT2D eigenvalue weighted by Crippen LogP contribution is -2.58. The van der Waals surface area contributed by atoms with Crippen molar-refractivity contribution in [2.24, 2.45) is 0 Å². The van der Waals surface area contributed by atoms with Crippen molar-refractivity contribution in [3.63, 3.8) is 0 Å². The number of benzene rings is 1. The number of fused-ring (bicyclic) bond motifs is 3. The molecule has 2 saturated carbocycles. The van der Waals surface area contributed by atoms with Gasteiger partial charge in [0.2, 0.25) is 0 Å². The SMILES string of the molecule is CCCCCOc1ccc(NC(=O)[C@@H]2O[C@@H]3OC4(CCCCC4)O[C@@H]3[C@H]3OC4(CCCCC4)O[C@@H]32)cc1. The first-order chi connectivity index (χ1) is 18.1. The normalized spacial score (nSPS) is 33.7. The zero-order chi connectivity index (χ0) is 25.3. The molecule has 0 unspecified atom stereocenters. The largest absolute Gasteiger partial charge is 0.494 e. The van der Waals surface area contributed by atoms with Crippen LogP contribution in [0.1, 0.15) is 90.4 Å². The lowest BCUT2D eigenvalue weighted by atomic mass is 9.94. The van der Waals surface area contributed by atoms with Gasteiger partial charge in [-0.3, -0.25) is 4.79 Å². The standard InChI is InChI=1S/C29H41NO7/c1-2-3-10-19-32-21-13-11-20(12-14-21)30-26(31)24-22-23(35-28(34-22)15-6-4-7-16-28)25-27(33-24)37-29(36-25)17-8-5-9-18-29/h11-14,22-25,27H,2-10,15-19H2,1H3,(H,30,31)/t22-,23-,24+,25+,27+/m0/s1. The maximum atomic E-state index is 13.6. The second-order valence-corrected chi connectivity index (χ2v) is 11.3. The van der Waals surface area contributed by atoms with Crippen LogP contribution in [-0.4, -0.2) is 54.8 Å². The van der Waals surface area contributed by atoms with Crippen molar-refractivity contribution in [3.8, 4) is 5.75 Å². The van der Waals surface area contributed by atoms with Crippen LogP contribution >= 0.6 is 0 Å². The van der Waals surface area contributed by atoms with Crippen LogP contribution in [0.4, 0.5) is 5.69 Å². The molecule has 1 amide bonds. The maximum absolute atomic E-state index is 13.6. The van der Waals surface area contributed by atoms with Gasteiger partial charge in [-0.1, -0.05) is 32.6 Å². The minimum Gasteiger partial charge on any atom is -0.494 e. The zero-order valence-corrected chi connectivity index (χ0v) is 22.0. The van der Waals surface area contributed by atoms with Crippen molar-refractivity contribution in [2.45, 2.75) is 133 Å². The second kappa shape index (κ2) is 10.8. The molecule has 1 aromatic carbocycles. The highest BCUT2D eigenvalue weighted by atomic mass is 16.9. The Kier molecular flexibility index (Phi) is 7.47. The molecule has 6 rings (SSSR count). The van der Waals surface area contributed by atoms with Crippen LogP contribution in [0.15, 0.2) is 24.3 Å². The van der Waals surface area contributed by atoms with Gasteiger partial charge in [-0.25, -0.2) is 0 Å². The molecule has 8 heteroatoms. The van der Waals surface area contributed by atoms with E-state index in [1.807, 2.05) is 24.3 Å². The monoisotopic (exact) mass is 515 g/mol. The van der Waals surface area contributed by atoms with Crippen LogP contribution in [0.3, 0.4) is 0 Å². The number of ether oxygens (including phenoxy) is 6. The summed E-state index contributed by atoms with van der Waals surface area (Å²) in [6.45, 7) is 2.87. The highest BCUT2D eigenvalue weighted by molar-refractivity contribution is 5.94. The molecular formula is C29H41NO7. The fourth-order valence-corrected chi connectivity index (χ4v) is 6.56. The van der Waals surface area contributed by atoms with Gasteiger partial charge in [-0.2, -0.15) is 0 Å². The third-order valence-corrected chi connectivity index (χ3v) is 8.51. The summed E-state index contributed by atoms with van der Waals surface area (Å²) < 4.78 is 38.3. The van der Waals surface area contributed by atoms with Gasteiger partial charge in [0.05, 0.1) is 6.61 Å². The van der Waals surface area contributed by atoms with E-state index >= 15 is 0 Å². The van der Waals surface area contributed by atoms with Gasteiger partial charge in [-0.15, -0.1) is 0 Å². The first kappa shape index (κ1) is 25.6. The van der Waals surface area contributed by atoms with E-state index in [1.165, 1.54) is 12.8 Å². The molecule has 1 aromatic rings. The van der Waals surface area contributed by atoms with Gasteiger partial charge in [0, 0.05) is 31.4 Å². The second-order valence-electron chi connectivity index (χ2n) is 11.3. The average Bonchev–Trinajstić information content (AvgIpc) is 3.45. The highest BCUT2D eigenvalue weighted by Crippen LogP contribution is 2.51. The first-order valence-corrected chi connectivity index (χ1v) is 14.5. The number of amides is 1. The minimum atomic E-state index is -0.847. The Hall–Kier alpha value is -1.71. The first-order valence-electron chi connectivity index (χ1n) is 14.5. The van der Waals surface area contributed by atoms with Crippen molar-refractivity contribution in [2.75, 3.05) is 11.9 Å². The van der Waals surface area contributed by atoms with Crippen molar-refractivity contribution in [1.29, 1.82) is 0 Å². The quantitative estimate of drug-likeness (QED) is 0.484. The van der Waals surface area contributed by atoms with Crippen LogP contribution in [0.5, 0.6) is 5.75 Å². The fourth-order valence-electron chi connectivity index (χ4n) is 6.56. The maximum Gasteiger partial charge on any atom is 0.256 e. The Labute approximate surface area is 219 Å². The molecule has 2 spiro atoms. The molecule has 0 bridgehead atoms. The molecule has 37 heavy (non-hydrogen) atoms. The van der Waals surface area contributed by atoms with E-state index < -0.39 is 42.3 Å². The summed E-state index contributed by atoms with van der Waals surface area (Å²) in [6, 6.07) is 7.48. The molecule has 0 aromatic heterocycles. The molecule has 1 N–H and O–H groups in total. The lowest BCUT2D eigenvalue weighted by molar-refractivity contribution is -0.246. The smallest absolute Gasteiger partial charge is 0.256 e. The predicted molar refractivity (Wildman–Crippen MR) is 136 cm³/mol. The Balaban J connectivity index is 1.16. The van der Waals surface area contributed by atoms with Gasteiger partial charge < -0.3 is 33.7 Å². The molecule has 3 aliphatic heterocycles. The molecule has 2 aliphatic carbocycles. The number of carbonyl (C=O) groups is 1. The summed E-state index contributed by atoms with van der Waals surface area (Å²) in [5.41, 5.74) is 0.687. The third-order valence-electron chi connectivity index (χ3n) is 8.51. The average molecular weight is 516 g/mol. The highest BCUT2D eigenvalue weighted by Gasteiger charge is 2.65. The van der Waals surface area contributed by atoms with E-state index in [-0.39, 0.29) is 5.91 Å². The molecule has 5 atom stereocenters.